The van der Waals surface area contributed by atoms with E-state index >= 15 is 0 Å². The van der Waals surface area contributed by atoms with E-state index in [1.165, 1.54) is 0 Å². The molecule has 0 aliphatic carbocycles. The van der Waals surface area contributed by atoms with E-state index in [9.17, 15) is 4.79 Å². The molecule has 0 fully saturated rings. The molecule has 0 bridgehead atoms. The van der Waals surface area contributed by atoms with Crippen molar-refractivity contribution in [2.45, 2.75) is 26.7 Å². The molecule has 1 heterocycles. The van der Waals surface area contributed by atoms with Gasteiger partial charge in [-0.1, -0.05) is 38.5 Å². The Balaban J connectivity index is 2.76. The van der Waals surface area contributed by atoms with Crippen LogP contribution in [0.2, 0.25) is 0 Å². The molecule has 0 aromatic carbocycles. The lowest BCUT2D eigenvalue weighted by molar-refractivity contribution is 0.0946. The minimum Gasteiger partial charge on any atom is -0.352 e. The maximum atomic E-state index is 12.1. The summed E-state index contributed by atoms with van der Waals surface area (Å²) in [6.07, 6.45) is 5.31. The van der Waals surface area contributed by atoms with Crippen molar-refractivity contribution in [1.82, 2.24) is 10.3 Å². The summed E-state index contributed by atoms with van der Waals surface area (Å²) in [6.45, 7) is 5.22. The predicted octanol–water partition coefficient (Wildman–Crippen LogP) is 1.56. The molecule has 1 aromatic rings. The van der Waals surface area contributed by atoms with E-state index in [0.29, 0.717) is 23.6 Å². The molecule has 19 heavy (non-hydrogen) atoms. The van der Waals surface area contributed by atoms with Gasteiger partial charge in [0, 0.05) is 18.9 Å². The van der Waals surface area contributed by atoms with E-state index in [-0.39, 0.29) is 12.5 Å². The normalized spacial score (nSPS) is 9.89. The van der Waals surface area contributed by atoms with Gasteiger partial charge in [0.15, 0.2) is 0 Å². The van der Waals surface area contributed by atoms with Gasteiger partial charge >= 0.3 is 0 Å². The SMILES string of the molecule is CCC(CC)CNC(=O)c1ccncc1C#CCN. The quantitative estimate of drug-likeness (QED) is 0.788. The lowest BCUT2D eigenvalue weighted by Crippen LogP contribution is -2.29. The molecule has 0 aliphatic rings. The maximum Gasteiger partial charge on any atom is 0.252 e. The zero-order chi connectivity index (χ0) is 14.1. The van der Waals surface area contributed by atoms with E-state index in [4.69, 9.17) is 5.73 Å². The lowest BCUT2D eigenvalue weighted by Gasteiger charge is -2.13. The molecule has 0 atom stereocenters. The van der Waals surface area contributed by atoms with Crippen LogP contribution in [0.3, 0.4) is 0 Å². The molecule has 0 spiro atoms. The van der Waals surface area contributed by atoms with Gasteiger partial charge in [-0.2, -0.15) is 0 Å². The van der Waals surface area contributed by atoms with Crippen LogP contribution >= 0.6 is 0 Å². The minimum atomic E-state index is -0.101. The number of aromatic nitrogens is 1. The number of nitrogens with two attached hydrogens (primary N) is 1. The summed E-state index contributed by atoms with van der Waals surface area (Å²) < 4.78 is 0. The van der Waals surface area contributed by atoms with Gasteiger partial charge in [-0.3, -0.25) is 9.78 Å². The Hall–Kier alpha value is -1.86. The Morgan fingerprint density at radius 2 is 2.21 bits per heavy atom. The molecule has 0 unspecified atom stereocenters. The largest absolute Gasteiger partial charge is 0.352 e. The van der Waals surface area contributed by atoms with Crippen molar-refractivity contribution in [3.63, 3.8) is 0 Å². The zero-order valence-corrected chi connectivity index (χ0v) is 11.6. The van der Waals surface area contributed by atoms with Crippen molar-refractivity contribution in [1.29, 1.82) is 0 Å². The molecule has 1 rings (SSSR count). The molecular weight excluding hydrogens is 238 g/mol. The number of nitrogens with one attached hydrogen (secondary N) is 1. The average Bonchev–Trinajstić information content (AvgIpc) is 2.46. The highest BCUT2D eigenvalue weighted by molar-refractivity contribution is 5.96. The van der Waals surface area contributed by atoms with E-state index in [2.05, 4.69) is 36.0 Å². The summed E-state index contributed by atoms with van der Waals surface area (Å²) in [6, 6.07) is 1.68. The third-order valence-electron chi connectivity index (χ3n) is 3.10. The standard InChI is InChI=1S/C15H21N3O/c1-3-12(4-2)10-18-15(19)14-7-9-17-11-13(14)6-5-8-16/h7,9,11-12H,3-4,8,10,16H2,1-2H3,(H,18,19). The highest BCUT2D eigenvalue weighted by Gasteiger charge is 2.11. The molecule has 0 aliphatic heterocycles. The number of carbonyl (C=O) groups excluding carboxylic acids is 1. The van der Waals surface area contributed by atoms with Gasteiger partial charge in [-0.05, 0) is 12.0 Å². The third kappa shape index (κ3) is 4.72. The fourth-order valence-electron chi connectivity index (χ4n) is 1.75. The summed E-state index contributed by atoms with van der Waals surface area (Å²) in [5, 5.41) is 2.95. The maximum absolute atomic E-state index is 12.1. The lowest BCUT2D eigenvalue weighted by atomic mass is 10.0. The smallest absolute Gasteiger partial charge is 0.252 e. The second-order valence-corrected chi connectivity index (χ2v) is 4.32. The number of pyridine rings is 1. The minimum absolute atomic E-state index is 0.101. The first-order valence-corrected chi connectivity index (χ1v) is 6.64. The van der Waals surface area contributed by atoms with Crippen LogP contribution in [0.25, 0.3) is 0 Å². The van der Waals surface area contributed by atoms with Crippen LogP contribution in [-0.2, 0) is 0 Å². The van der Waals surface area contributed by atoms with Crippen molar-refractivity contribution in [2.75, 3.05) is 13.1 Å². The Kier molecular flexibility index (Phi) is 6.62. The average molecular weight is 259 g/mol. The summed E-state index contributed by atoms with van der Waals surface area (Å²) in [7, 11) is 0. The van der Waals surface area contributed by atoms with Gasteiger partial charge in [-0.25, -0.2) is 0 Å². The van der Waals surface area contributed by atoms with Gasteiger partial charge < -0.3 is 11.1 Å². The van der Waals surface area contributed by atoms with Gasteiger partial charge in [0.1, 0.15) is 0 Å². The summed E-state index contributed by atoms with van der Waals surface area (Å²) in [5.74, 6) is 6.03. The van der Waals surface area contributed by atoms with Gasteiger partial charge in [0.25, 0.3) is 5.91 Å². The van der Waals surface area contributed by atoms with Crippen molar-refractivity contribution in [3.8, 4) is 11.8 Å². The predicted molar refractivity (Wildman–Crippen MR) is 76.6 cm³/mol. The Labute approximate surface area is 114 Å². The highest BCUT2D eigenvalue weighted by Crippen LogP contribution is 2.08. The molecule has 0 radical (unpaired) electrons. The topological polar surface area (TPSA) is 68.0 Å². The molecule has 0 saturated carbocycles. The number of hydrogen-bond acceptors (Lipinski definition) is 3. The van der Waals surface area contributed by atoms with E-state index in [1.807, 2.05) is 0 Å². The first-order valence-electron chi connectivity index (χ1n) is 6.64. The molecular formula is C15H21N3O. The number of carbonyl (C=O) groups is 1. The van der Waals surface area contributed by atoms with Crippen LogP contribution in [-0.4, -0.2) is 24.0 Å². The number of hydrogen-bond donors (Lipinski definition) is 2. The molecule has 4 nitrogen and oxygen atoms in total. The van der Waals surface area contributed by atoms with Crippen molar-refractivity contribution in [3.05, 3.63) is 29.6 Å². The van der Waals surface area contributed by atoms with E-state index < -0.39 is 0 Å². The fourth-order valence-corrected chi connectivity index (χ4v) is 1.75. The van der Waals surface area contributed by atoms with Crippen molar-refractivity contribution in [2.24, 2.45) is 11.7 Å². The van der Waals surface area contributed by atoms with Crippen molar-refractivity contribution >= 4 is 5.91 Å². The van der Waals surface area contributed by atoms with Crippen molar-refractivity contribution < 1.29 is 4.79 Å². The van der Waals surface area contributed by atoms with Crippen LogP contribution in [0.4, 0.5) is 0 Å². The Morgan fingerprint density at radius 1 is 1.47 bits per heavy atom. The number of rotatable bonds is 5. The molecule has 1 aromatic heterocycles. The van der Waals surface area contributed by atoms with Crippen LogP contribution in [0, 0.1) is 17.8 Å². The third-order valence-corrected chi connectivity index (χ3v) is 3.10. The van der Waals surface area contributed by atoms with E-state index in [1.54, 1.807) is 18.5 Å². The van der Waals surface area contributed by atoms with Gasteiger partial charge in [-0.15, -0.1) is 0 Å². The second kappa shape index (κ2) is 8.28. The highest BCUT2D eigenvalue weighted by atomic mass is 16.1. The summed E-state index contributed by atoms with van der Waals surface area (Å²) in [5.41, 5.74) is 6.52. The summed E-state index contributed by atoms with van der Waals surface area (Å²) in [4.78, 5) is 16.1. The molecule has 3 N–H and O–H groups in total. The van der Waals surface area contributed by atoms with Crippen LogP contribution in [0.1, 0.15) is 42.6 Å². The van der Waals surface area contributed by atoms with Gasteiger partial charge in [0.05, 0.1) is 17.7 Å². The molecule has 102 valence electrons. The Morgan fingerprint density at radius 3 is 2.84 bits per heavy atom. The fraction of sp³-hybridized carbons (Fsp3) is 0.467. The molecule has 0 saturated heterocycles. The number of nitrogens with zero attached hydrogens (tertiary/aromatic N) is 1. The number of amides is 1. The molecule has 4 heteroatoms. The Bertz CT molecular complexity index is 470. The van der Waals surface area contributed by atoms with Crippen LogP contribution in [0.15, 0.2) is 18.5 Å². The first-order chi connectivity index (χ1) is 9.22. The van der Waals surface area contributed by atoms with E-state index in [0.717, 1.165) is 12.8 Å². The van der Waals surface area contributed by atoms with Crippen LogP contribution < -0.4 is 11.1 Å². The van der Waals surface area contributed by atoms with Gasteiger partial charge in [0.2, 0.25) is 0 Å². The monoisotopic (exact) mass is 259 g/mol. The molecule has 1 amide bonds. The zero-order valence-electron chi connectivity index (χ0n) is 11.6. The second-order valence-electron chi connectivity index (χ2n) is 4.32. The van der Waals surface area contributed by atoms with Crippen LogP contribution in [0.5, 0.6) is 0 Å². The summed E-state index contributed by atoms with van der Waals surface area (Å²) >= 11 is 0. The first kappa shape index (κ1) is 15.2.